The topological polar surface area (TPSA) is 38.7 Å². The van der Waals surface area contributed by atoms with Crippen LogP contribution in [-0.2, 0) is 15.9 Å². The van der Waals surface area contributed by atoms with Crippen molar-refractivity contribution in [1.29, 1.82) is 0 Å². The summed E-state index contributed by atoms with van der Waals surface area (Å²) in [5.41, 5.74) is 0.963. The van der Waals surface area contributed by atoms with Crippen LogP contribution in [0.3, 0.4) is 0 Å². The van der Waals surface area contributed by atoms with Gasteiger partial charge in [-0.3, -0.25) is 0 Å². The second kappa shape index (κ2) is 3.44. The number of hydrogen-bond donors (Lipinski definition) is 1. The minimum atomic E-state index is -1.53. The second-order valence-corrected chi connectivity index (χ2v) is 3.30. The lowest BCUT2D eigenvalue weighted by Gasteiger charge is -2.19. The van der Waals surface area contributed by atoms with Crippen LogP contribution in [0.15, 0.2) is 42.7 Å². The van der Waals surface area contributed by atoms with Crippen LogP contribution in [0, 0.1) is 0 Å². The van der Waals surface area contributed by atoms with Gasteiger partial charge in [0.1, 0.15) is 12.4 Å². The van der Waals surface area contributed by atoms with Crippen LogP contribution in [0.25, 0.3) is 0 Å². The highest BCUT2D eigenvalue weighted by Gasteiger charge is 2.36. The fourth-order valence-corrected chi connectivity index (χ4v) is 1.42. The van der Waals surface area contributed by atoms with E-state index in [1.807, 2.05) is 30.3 Å². The van der Waals surface area contributed by atoms with Crippen molar-refractivity contribution < 1.29 is 14.6 Å². The van der Waals surface area contributed by atoms with Crippen molar-refractivity contribution >= 4 is 0 Å². The summed E-state index contributed by atoms with van der Waals surface area (Å²) in [6.07, 6.45) is 0.312. The van der Waals surface area contributed by atoms with Gasteiger partial charge in [0.25, 0.3) is 0 Å². The summed E-state index contributed by atoms with van der Waals surface area (Å²) in [6.45, 7) is 3.84. The summed E-state index contributed by atoms with van der Waals surface area (Å²) >= 11 is 0. The predicted molar refractivity (Wildman–Crippen MR) is 51.3 cm³/mol. The van der Waals surface area contributed by atoms with Crippen LogP contribution in [0.2, 0.25) is 0 Å². The first-order valence-corrected chi connectivity index (χ1v) is 4.45. The average Bonchev–Trinajstić information content (AvgIpc) is 2.47. The molecule has 0 spiro atoms. The SMILES string of the molecule is C=C1COC(O)(Cc2ccccc2)O1. The number of aliphatic hydroxyl groups is 1. The van der Waals surface area contributed by atoms with Crippen molar-refractivity contribution in [2.24, 2.45) is 0 Å². The van der Waals surface area contributed by atoms with Crippen molar-refractivity contribution in [3.8, 4) is 0 Å². The Morgan fingerprint density at radius 3 is 2.64 bits per heavy atom. The first kappa shape index (κ1) is 9.24. The molecule has 0 bridgehead atoms. The molecular weight excluding hydrogens is 180 g/mol. The summed E-state index contributed by atoms with van der Waals surface area (Å²) in [5.74, 6) is -1.07. The van der Waals surface area contributed by atoms with E-state index >= 15 is 0 Å². The number of rotatable bonds is 2. The van der Waals surface area contributed by atoms with Crippen molar-refractivity contribution in [2.45, 2.75) is 12.4 Å². The normalized spacial score (nSPS) is 26.2. The van der Waals surface area contributed by atoms with Crippen LogP contribution < -0.4 is 0 Å². The lowest BCUT2D eigenvalue weighted by molar-refractivity contribution is -0.297. The van der Waals surface area contributed by atoms with Crippen molar-refractivity contribution in [3.63, 3.8) is 0 Å². The molecule has 3 nitrogen and oxygen atoms in total. The van der Waals surface area contributed by atoms with E-state index in [0.29, 0.717) is 12.2 Å². The molecule has 0 saturated carbocycles. The molecule has 1 aromatic rings. The first-order valence-electron chi connectivity index (χ1n) is 4.45. The molecule has 0 aromatic heterocycles. The molecule has 2 rings (SSSR count). The van der Waals surface area contributed by atoms with Gasteiger partial charge in [0, 0.05) is 0 Å². The predicted octanol–water partition coefficient (Wildman–Crippen LogP) is 1.44. The molecule has 1 aliphatic heterocycles. The van der Waals surface area contributed by atoms with Gasteiger partial charge in [0.05, 0.1) is 6.42 Å². The highest BCUT2D eigenvalue weighted by molar-refractivity contribution is 5.16. The Morgan fingerprint density at radius 2 is 2.07 bits per heavy atom. The first-order chi connectivity index (χ1) is 6.68. The summed E-state index contributed by atoms with van der Waals surface area (Å²) in [4.78, 5) is 0. The molecule has 0 radical (unpaired) electrons. The summed E-state index contributed by atoms with van der Waals surface area (Å²) in [6, 6.07) is 9.55. The van der Waals surface area contributed by atoms with Gasteiger partial charge in [-0.15, -0.1) is 0 Å². The minimum absolute atomic E-state index is 0.253. The van der Waals surface area contributed by atoms with E-state index in [-0.39, 0.29) is 6.61 Å². The Labute approximate surface area is 82.6 Å². The molecule has 1 fully saturated rings. The van der Waals surface area contributed by atoms with Gasteiger partial charge < -0.3 is 14.6 Å². The summed E-state index contributed by atoms with van der Waals surface area (Å²) in [5, 5.41) is 9.81. The Hall–Kier alpha value is -1.32. The van der Waals surface area contributed by atoms with Crippen LogP contribution in [0.4, 0.5) is 0 Å². The lowest BCUT2D eigenvalue weighted by atomic mass is 10.1. The molecule has 1 saturated heterocycles. The van der Waals surface area contributed by atoms with Crippen molar-refractivity contribution in [1.82, 2.24) is 0 Å². The van der Waals surface area contributed by atoms with E-state index in [4.69, 9.17) is 9.47 Å². The Morgan fingerprint density at radius 1 is 1.36 bits per heavy atom. The molecule has 1 N–H and O–H groups in total. The largest absolute Gasteiger partial charge is 0.442 e. The maximum absolute atomic E-state index is 9.81. The molecule has 1 aliphatic rings. The number of benzene rings is 1. The minimum Gasteiger partial charge on any atom is -0.442 e. The summed E-state index contributed by atoms with van der Waals surface area (Å²) < 4.78 is 10.2. The van der Waals surface area contributed by atoms with Crippen LogP contribution >= 0.6 is 0 Å². The smallest absolute Gasteiger partial charge is 0.328 e. The fourth-order valence-electron chi connectivity index (χ4n) is 1.42. The maximum Gasteiger partial charge on any atom is 0.328 e. The number of hydrogen-bond acceptors (Lipinski definition) is 3. The van der Waals surface area contributed by atoms with Gasteiger partial charge in [-0.1, -0.05) is 36.9 Å². The van der Waals surface area contributed by atoms with Gasteiger partial charge in [0.2, 0.25) is 0 Å². The van der Waals surface area contributed by atoms with Gasteiger partial charge in [-0.25, -0.2) is 0 Å². The van der Waals surface area contributed by atoms with Crippen molar-refractivity contribution in [3.05, 3.63) is 48.2 Å². The van der Waals surface area contributed by atoms with Crippen molar-refractivity contribution in [2.75, 3.05) is 6.61 Å². The zero-order chi connectivity index (χ0) is 10.0. The molecule has 1 aromatic carbocycles. The van der Waals surface area contributed by atoms with E-state index in [2.05, 4.69) is 6.58 Å². The third-order valence-electron chi connectivity index (χ3n) is 2.03. The van der Waals surface area contributed by atoms with E-state index in [1.54, 1.807) is 0 Å². The molecular formula is C11H12O3. The highest BCUT2D eigenvalue weighted by atomic mass is 16.8. The quantitative estimate of drug-likeness (QED) is 0.770. The molecule has 3 heteroatoms. The second-order valence-electron chi connectivity index (χ2n) is 3.30. The van der Waals surface area contributed by atoms with Gasteiger partial charge in [0.15, 0.2) is 0 Å². The molecule has 1 unspecified atom stereocenters. The fraction of sp³-hybridized carbons (Fsp3) is 0.273. The molecule has 14 heavy (non-hydrogen) atoms. The molecule has 1 heterocycles. The van der Waals surface area contributed by atoms with Crippen LogP contribution in [0.5, 0.6) is 0 Å². The Bertz CT molecular complexity index is 334. The maximum atomic E-state index is 9.81. The van der Waals surface area contributed by atoms with E-state index in [1.165, 1.54) is 0 Å². The van der Waals surface area contributed by atoms with Crippen LogP contribution in [0.1, 0.15) is 5.56 Å². The average molecular weight is 192 g/mol. The number of ether oxygens (including phenoxy) is 2. The van der Waals surface area contributed by atoms with E-state index in [0.717, 1.165) is 5.56 Å². The molecule has 0 amide bonds. The van der Waals surface area contributed by atoms with E-state index < -0.39 is 5.97 Å². The molecule has 74 valence electrons. The Balaban J connectivity index is 2.08. The molecule has 0 aliphatic carbocycles. The van der Waals surface area contributed by atoms with Gasteiger partial charge in [-0.2, -0.15) is 0 Å². The zero-order valence-electron chi connectivity index (χ0n) is 7.77. The Kier molecular flexibility index (Phi) is 2.27. The highest BCUT2D eigenvalue weighted by Crippen LogP contribution is 2.26. The van der Waals surface area contributed by atoms with Gasteiger partial charge in [-0.05, 0) is 5.56 Å². The monoisotopic (exact) mass is 192 g/mol. The van der Waals surface area contributed by atoms with E-state index in [9.17, 15) is 5.11 Å². The third-order valence-corrected chi connectivity index (χ3v) is 2.03. The van der Waals surface area contributed by atoms with Crippen LogP contribution in [-0.4, -0.2) is 17.7 Å². The lowest BCUT2D eigenvalue weighted by Crippen LogP contribution is -2.31. The molecule has 1 atom stereocenters. The zero-order valence-corrected chi connectivity index (χ0v) is 7.77. The summed E-state index contributed by atoms with van der Waals surface area (Å²) in [7, 11) is 0. The van der Waals surface area contributed by atoms with Gasteiger partial charge >= 0.3 is 5.97 Å². The third kappa shape index (κ3) is 1.95. The standard InChI is InChI=1S/C11H12O3/c1-9-8-13-11(12,14-9)7-10-5-3-2-4-6-10/h2-6,12H,1,7-8H2.